The van der Waals surface area contributed by atoms with Crippen LogP contribution in [0, 0.1) is 0 Å². The summed E-state index contributed by atoms with van der Waals surface area (Å²) in [6.07, 6.45) is -3.33. The predicted octanol–water partition coefficient (Wildman–Crippen LogP) is 2.07. The first kappa shape index (κ1) is 14.2. The van der Waals surface area contributed by atoms with Crippen molar-refractivity contribution in [2.75, 3.05) is 13.2 Å². The molecule has 0 aromatic carbocycles. The molecule has 19 heavy (non-hydrogen) atoms. The molecule has 0 spiro atoms. The lowest BCUT2D eigenvalue weighted by molar-refractivity contribution is -0.142. The predicted molar refractivity (Wildman–Crippen MR) is 62.4 cm³/mol. The van der Waals surface area contributed by atoms with Crippen LogP contribution in [0.15, 0.2) is 0 Å². The average Bonchev–Trinajstić information content (AvgIpc) is 2.37. The van der Waals surface area contributed by atoms with E-state index >= 15 is 0 Å². The van der Waals surface area contributed by atoms with Gasteiger partial charge in [0.15, 0.2) is 11.5 Å². The average molecular weight is 275 g/mol. The minimum atomic E-state index is -4.44. The zero-order chi connectivity index (χ0) is 13.9. The summed E-state index contributed by atoms with van der Waals surface area (Å²) in [6.45, 7) is 3.30. The Balaban J connectivity index is 2.31. The minimum Gasteiger partial charge on any atom is -0.373 e. The highest BCUT2D eigenvalue weighted by atomic mass is 19.4. The lowest BCUT2D eigenvalue weighted by Crippen LogP contribution is -2.29. The molecule has 0 saturated heterocycles. The Bertz CT molecular complexity index is 449. The number of nitrogens with one attached hydrogen (secondary N) is 1. The number of hydrogen-bond acceptors (Lipinski definition) is 4. The van der Waals surface area contributed by atoms with Crippen LogP contribution in [-0.2, 0) is 30.5 Å². The summed E-state index contributed by atoms with van der Waals surface area (Å²) < 4.78 is 44.2. The Morgan fingerprint density at radius 1 is 1.32 bits per heavy atom. The zero-order valence-electron chi connectivity index (χ0n) is 10.7. The van der Waals surface area contributed by atoms with Crippen LogP contribution in [0.3, 0.4) is 0 Å². The van der Waals surface area contributed by atoms with Crippen molar-refractivity contribution in [3.8, 4) is 0 Å². The second-order valence-electron chi connectivity index (χ2n) is 4.39. The van der Waals surface area contributed by atoms with Crippen molar-refractivity contribution in [3.05, 3.63) is 22.8 Å². The summed E-state index contributed by atoms with van der Waals surface area (Å²) >= 11 is 0. The molecule has 1 N–H and O–H groups in total. The zero-order valence-corrected chi connectivity index (χ0v) is 10.7. The molecule has 1 aliphatic rings. The molecule has 7 heteroatoms. The fourth-order valence-corrected chi connectivity index (χ4v) is 2.02. The van der Waals surface area contributed by atoms with Crippen LogP contribution in [-0.4, -0.2) is 23.1 Å². The standard InChI is InChI=1S/C12H16F3N3O/c1-2-5-19-7-10-17-9-6-16-4-3-8(9)11(18-10)12(13,14)15/h16H,2-7H2,1H3. The fraction of sp³-hybridized carbons (Fsp3) is 0.667. The van der Waals surface area contributed by atoms with Crippen molar-refractivity contribution >= 4 is 0 Å². The summed E-state index contributed by atoms with van der Waals surface area (Å²) in [5, 5.41) is 3.02. The highest BCUT2D eigenvalue weighted by Gasteiger charge is 2.37. The number of halogens is 3. The highest BCUT2D eigenvalue weighted by Crippen LogP contribution is 2.32. The second kappa shape index (κ2) is 5.83. The van der Waals surface area contributed by atoms with Gasteiger partial charge in [-0.15, -0.1) is 0 Å². The lowest BCUT2D eigenvalue weighted by atomic mass is 10.0. The van der Waals surface area contributed by atoms with E-state index in [1.807, 2.05) is 6.92 Å². The number of aromatic nitrogens is 2. The molecule has 0 saturated carbocycles. The third kappa shape index (κ3) is 3.42. The highest BCUT2D eigenvalue weighted by molar-refractivity contribution is 5.30. The van der Waals surface area contributed by atoms with Crippen LogP contribution in [0.4, 0.5) is 13.2 Å². The molecular formula is C12H16F3N3O. The monoisotopic (exact) mass is 275 g/mol. The molecule has 0 atom stereocenters. The van der Waals surface area contributed by atoms with Crippen molar-refractivity contribution in [2.24, 2.45) is 0 Å². The molecule has 0 radical (unpaired) electrons. The second-order valence-corrected chi connectivity index (χ2v) is 4.39. The molecule has 0 unspecified atom stereocenters. The van der Waals surface area contributed by atoms with Gasteiger partial charge in [0.2, 0.25) is 0 Å². The van der Waals surface area contributed by atoms with Crippen LogP contribution >= 0.6 is 0 Å². The van der Waals surface area contributed by atoms with Gasteiger partial charge in [0.25, 0.3) is 0 Å². The number of nitrogens with zero attached hydrogens (tertiary/aromatic N) is 2. The first-order valence-electron chi connectivity index (χ1n) is 6.26. The molecule has 0 bridgehead atoms. The van der Waals surface area contributed by atoms with Gasteiger partial charge in [-0.1, -0.05) is 6.92 Å². The quantitative estimate of drug-likeness (QED) is 0.855. The lowest BCUT2D eigenvalue weighted by Gasteiger charge is -2.21. The maximum atomic E-state index is 13.0. The third-order valence-corrected chi connectivity index (χ3v) is 2.83. The molecular weight excluding hydrogens is 259 g/mol. The van der Waals surface area contributed by atoms with Gasteiger partial charge < -0.3 is 10.1 Å². The van der Waals surface area contributed by atoms with Crippen LogP contribution in [0.1, 0.15) is 36.1 Å². The van der Waals surface area contributed by atoms with Crippen molar-refractivity contribution in [1.82, 2.24) is 15.3 Å². The molecule has 0 aliphatic carbocycles. The van der Waals surface area contributed by atoms with Crippen LogP contribution in [0.5, 0.6) is 0 Å². The SMILES string of the molecule is CCCOCc1nc2c(c(C(F)(F)F)n1)CCNC2. The molecule has 1 aromatic heterocycles. The van der Waals surface area contributed by atoms with E-state index in [-0.39, 0.29) is 18.0 Å². The number of hydrogen-bond donors (Lipinski definition) is 1. The van der Waals surface area contributed by atoms with Crippen LogP contribution in [0.25, 0.3) is 0 Å². The first-order chi connectivity index (χ1) is 9.02. The molecule has 0 fully saturated rings. The number of alkyl halides is 3. The van der Waals surface area contributed by atoms with E-state index in [0.29, 0.717) is 31.8 Å². The molecule has 2 rings (SSSR count). The topological polar surface area (TPSA) is 47.0 Å². The largest absolute Gasteiger partial charge is 0.433 e. The summed E-state index contributed by atoms with van der Waals surface area (Å²) in [7, 11) is 0. The van der Waals surface area contributed by atoms with Gasteiger partial charge in [0.05, 0.1) is 5.69 Å². The minimum absolute atomic E-state index is 0.0181. The molecule has 0 amide bonds. The number of rotatable bonds is 4. The summed E-state index contributed by atoms with van der Waals surface area (Å²) in [6, 6.07) is 0. The maximum Gasteiger partial charge on any atom is 0.433 e. The van der Waals surface area contributed by atoms with E-state index in [1.54, 1.807) is 0 Å². The van der Waals surface area contributed by atoms with Gasteiger partial charge in [-0.05, 0) is 19.4 Å². The smallest absolute Gasteiger partial charge is 0.373 e. The number of fused-ring (bicyclic) bond motifs is 1. The van der Waals surface area contributed by atoms with Crippen molar-refractivity contribution in [2.45, 2.75) is 39.1 Å². The van der Waals surface area contributed by atoms with Gasteiger partial charge in [-0.2, -0.15) is 13.2 Å². The Kier molecular flexibility index (Phi) is 4.36. The maximum absolute atomic E-state index is 13.0. The van der Waals surface area contributed by atoms with Gasteiger partial charge in [-0.3, -0.25) is 0 Å². The van der Waals surface area contributed by atoms with Crippen molar-refractivity contribution in [3.63, 3.8) is 0 Å². The molecule has 4 nitrogen and oxygen atoms in total. The summed E-state index contributed by atoms with van der Waals surface area (Å²) in [4.78, 5) is 7.80. The Hall–Kier alpha value is -1.21. The third-order valence-electron chi connectivity index (χ3n) is 2.83. The Morgan fingerprint density at radius 2 is 2.11 bits per heavy atom. The Morgan fingerprint density at radius 3 is 2.79 bits per heavy atom. The van der Waals surface area contributed by atoms with E-state index in [0.717, 1.165) is 6.42 Å². The van der Waals surface area contributed by atoms with Crippen molar-refractivity contribution in [1.29, 1.82) is 0 Å². The van der Waals surface area contributed by atoms with Gasteiger partial charge in [0, 0.05) is 18.7 Å². The van der Waals surface area contributed by atoms with E-state index in [4.69, 9.17) is 4.74 Å². The molecule has 1 aromatic rings. The fourth-order valence-electron chi connectivity index (χ4n) is 2.02. The van der Waals surface area contributed by atoms with E-state index < -0.39 is 11.9 Å². The first-order valence-corrected chi connectivity index (χ1v) is 6.26. The summed E-state index contributed by atoms with van der Waals surface area (Å²) in [5.74, 6) is 0.100. The van der Waals surface area contributed by atoms with E-state index in [2.05, 4.69) is 15.3 Å². The van der Waals surface area contributed by atoms with Gasteiger partial charge >= 0.3 is 6.18 Å². The van der Waals surface area contributed by atoms with Gasteiger partial charge in [-0.25, -0.2) is 9.97 Å². The van der Waals surface area contributed by atoms with Crippen molar-refractivity contribution < 1.29 is 17.9 Å². The molecule has 2 heterocycles. The van der Waals surface area contributed by atoms with Crippen LogP contribution < -0.4 is 5.32 Å². The number of ether oxygens (including phenoxy) is 1. The van der Waals surface area contributed by atoms with Crippen LogP contribution in [0.2, 0.25) is 0 Å². The van der Waals surface area contributed by atoms with E-state index in [1.165, 1.54) is 0 Å². The molecule has 1 aliphatic heterocycles. The normalized spacial score (nSPS) is 15.4. The van der Waals surface area contributed by atoms with E-state index in [9.17, 15) is 13.2 Å². The molecule has 106 valence electrons. The summed E-state index contributed by atoms with van der Waals surface area (Å²) in [5.41, 5.74) is -0.164. The Labute approximate surface area is 109 Å². The van der Waals surface area contributed by atoms with Gasteiger partial charge in [0.1, 0.15) is 6.61 Å².